The zero-order valence-corrected chi connectivity index (χ0v) is 13.4. The highest BCUT2D eigenvalue weighted by Crippen LogP contribution is 2.29. The lowest BCUT2D eigenvalue weighted by molar-refractivity contribution is 0.234. The van der Waals surface area contributed by atoms with Crippen LogP contribution in [0.25, 0.3) is 21.8 Å². The van der Waals surface area contributed by atoms with Crippen LogP contribution in [0, 0.1) is 6.92 Å². The molecule has 1 aliphatic heterocycles. The molecule has 3 aromatic rings. The van der Waals surface area contributed by atoms with Gasteiger partial charge in [0.05, 0.1) is 11.0 Å². The molecule has 23 heavy (non-hydrogen) atoms. The third-order valence-electron chi connectivity index (χ3n) is 4.83. The number of piperazine rings is 1. The average molecular weight is 310 g/mol. The number of H-pyrrole nitrogens is 1. The smallest absolute Gasteiger partial charge is 0.180 e. The predicted octanol–water partition coefficient (Wildman–Crippen LogP) is 1.70. The lowest BCUT2D eigenvalue weighted by atomic mass is 10.2. The molecule has 2 N–H and O–H groups in total. The van der Waals surface area contributed by atoms with Crippen molar-refractivity contribution in [2.45, 2.75) is 13.5 Å². The van der Waals surface area contributed by atoms with Crippen molar-refractivity contribution in [2.75, 3.05) is 32.7 Å². The second-order valence-corrected chi connectivity index (χ2v) is 6.29. The normalized spacial score (nSPS) is 16.4. The summed E-state index contributed by atoms with van der Waals surface area (Å²) in [6, 6.07) is 7.50. The molecule has 0 spiro atoms. The molecule has 0 radical (unpaired) electrons. The van der Waals surface area contributed by atoms with Crippen LogP contribution in [-0.4, -0.2) is 47.2 Å². The fourth-order valence-electron chi connectivity index (χ4n) is 3.66. The Morgan fingerprint density at radius 2 is 1.91 bits per heavy atom. The molecule has 1 fully saturated rings. The number of nitrogens with one attached hydrogen (secondary N) is 2. The minimum absolute atomic E-state index is 0.0744. The van der Waals surface area contributed by atoms with Crippen molar-refractivity contribution in [1.29, 1.82) is 0 Å². The molecule has 0 atom stereocenters. The van der Waals surface area contributed by atoms with Crippen molar-refractivity contribution in [3.05, 3.63) is 46.4 Å². The monoisotopic (exact) mass is 310 g/mol. The first-order valence-electron chi connectivity index (χ1n) is 8.27. The molecule has 0 aliphatic carbocycles. The fourth-order valence-corrected chi connectivity index (χ4v) is 3.66. The van der Waals surface area contributed by atoms with E-state index >= 15 is 0 Å². The molecular weight excluding hydrogens is 288 g/mol. The maximum Gasteiger partial charge on any atom is 0.180 e. The second kappa shape index (κ2) is 5.83. The SMILES string of the molecule is Cc1[nH]ccc2c3ccc(=O)cc3n(CCN3CCNCC3)c12. The number of hydrogen-bond acceptors (Lipinski definition) is 3. The minimum atomic E-state index is 0.0744. The number of aryl methyl sites for hydroxylation is 1. The van der Waals surface area contributed by atoms with Crippen LogP contribution in [-0.2, 0) is 6.54 Å². The minimum Gasteiger partial charge on any atom is -0.364 e. The van der Waals surface area contributed by atoms with Crippen LogP contribution in [0.4, 0.5) is 0 Å². The number of aromatic amines is 1. The molecule has 1 saturated heterocycles. The van der Waals surface area contributed by atoms with E-state index in [1.54, 1.807) is 12.1 Å². The van der Waals surface area contributed by atoms with Crippen molar-refractivity contribution in [3.63, 3.8) is 0 Å². The quantitative estimate of drug-likeness (QED) is 0.774. The Morgan fingerprint density at radius 3 is 2.74 bits per heavy atom. The predicted molar refractivity (Wildman–Crippen MR) is 94.1 cm³/mol. The summed E-state index contributed by atoms with van der Waals surface area (Å²) >= 11 is 0. The highest BCUT2D eigenvalue weighted by molar-refractivity contribution is 6.08. The van der Waals surface area contributed by atoms with Crippen LogP contribution >= 0.6 is 0 Å². The number of nitrogens with zero attached hydrogens (tertiary/aromatic N) is 2. The summed E-state index contributed by atoms with van der Waals surface area (Å²) in [6.45, 7) is 8.32. The molecule has 120 valence electrons. The maximum atomic E-state index is 11.9. The topological polar surface area (TPSA) is 53.1 Å². The van der Waals surface area contributed by atoms with Crippen LogP contribution in [0.3, 0.4) is 0 Å². The molecule has 2 aromatic heterocycles. The number of fused-ring (bicyclic) bond motifs is 3. The Kier molecular flexibility index (Phi) is 3.67. The van der Waals surface area contributed by atoms with E-state index < -0.39 is 0 Å². The molecule has 5 nitrogen and oxygen atoms in total. The van der Waals surface area contributed by atoms with Crippen LogP contribution in [0.2, 0.25) is 0 Å². The summed E-state index contributed by atoms with van der Waals surface area (Å²) in [6.07, 6.45) is 1.98. The summed E-state index contributed by atoms with van der Waals surface area (Å²) in [7, 11) is 0. The average Bonchev–Trinajstić information content (AvgIpc) is 2.88. The summed E-state index contributed by atoms with van der Waals surface area (Å²) in [4.78, 5) is 17.7. The van der Waals surface area contributed by atoms with E-state index in [2.05, 4.69) is 32.8 Å². The summed E-state index contributed by atoms with van der Waals surface area (Å²) in [5.41, 5.74) is 3.48. The standard InChI is InChI=1S/C18H22N4O/c1-13-18-16(4-5-20-13)15-3-2-14(23)12-17(15)22(18)11-10-21-8-6-19-7-9-21/h2-5,12,19-20H,6-11H2,1H3. The number of aromatic nitrogens is 2. The third kappa shape index (κ3) is 2.56. The van der Waals surface area contributed by atoms with Gasteiger partial charge in [-0.05, 0) is 25.1 Å². The van der Waals surface area contributed by atoms with E-state index in [4.69, 9.17) is 0 Å². The van der Waals surface area contributed by atoms with Crippen molar-refractivity contribution >= 4 is 21.8 Å². The van der Waals surface area contributed by atoms with Crippen LogP contribution in [0.15, 0.2) is 35.3 Å². The van der Waals surface area contributed by atoms with Crippen molar-refractivity contribution in [2.24, 2.45) is 0 Å². The van der Waals surface area contributed by atoms with E-state index in [1.807, 2.05) is 12.3 Å². The lowest BCUT2D eigenvalue weighted by Crippen LogP contribution is -2.44. The highest BCUT2D eigenvalue weighted by Gasteiger charge is 2.15. The Balaban J connectivity index is 1.81. The maximum absolute atomic E-state index is 11.9. The molecule has 0 amide bonds. The number of hydrogen-bond donors (Lipinski definition) is 2. The third-order valence-corrected chi connectivity index (χ3v) is 4.83. The molecule has 0 bridgehead atoms. The molecule has 0 unspecified atom stereocenters. The lowest BCUT2D eigenvalue weighted by Gasteiger charge is -2.27. The summed E-state index contributed by atoms with van der Waals surface area (Å²) in [5, 5.41) is 5.77. The van der Waals surface area contributed by atoms with Gasteiger partial charge < -0.3 is 14.9 Å². The van der Waals surface area contributed by atoms with E-state index in [0.717, 1.165) is 55.9 Å². The molecule has 1 aliphatic rings. The number of benzene rings is 1. The first kappa shape index (κ1) is 14.5. The van der Waals surface area contributed by atoms with Gasteiger partial charge in [-0.1, -0.05) is 0 Å². The second-order valence-electron chi connectivity index (χ2n) is 6.29. The first-order chi connectivity index (χ1) is 11.2. The fraction of sp³-hybridized carbons (Fsp3) is 0.389. The van der Waals surface area contributed by atoms with E-state index in [1.165, 1.54) is 10.9 Å². The Bertz CT molecular complexity index is 902. The van der Waals surface area contributed by atoms with E-state index in [-0.39, 0.29) is 5.43 Å². The van der Waals surface area contributed by atoms with Gasteiger partial charge in [0, 0.05) is 68.0 Å². The zero-order valence-electron chi connectivity index (χ0n) is 13.4. The molecular formula is C18H22N4O. The van der Waals surface area contributed by atoms with Gasteiger partial charge in [0.15, 0.2) is 5.43 Å². The van der Waals surface area contributed by atoms with E-state index in [0.29, 0.717) is 0 Å². The van der Waals surface area contributed by atoms with Gasteiger partial charge in [-0.15, -0.1) is 0 Å². The van der Waals surface area contributed by atoms with Gasteiger partial charge in [0.25, 0.3) is 0 Å². The van der Waals surface area contributed by atoms with Gasteiger partial charge in [-0.25, -0.2) is 0 Å². The van der Waals surface area contributed by atoms with Crippen molar-refractivity contribution in [3.8, 4) is 0 Å². The highest BCUT2D eigenvalue weighted by atomic mass is 16.1. The molecule has 5 heteroatoms. The van der Waals surface area contributed by atoms with Gasteiger partial charge >= 0.3 is 0 Å². The Labute approximate surface area is 134 Å². The van der Waals surface area contributed by atoms with Crippen LogP contribution in [0.5, 0.6) is 0 Å². The summed E-state index contributed by atoms with van der Waals surface area (Å²) in [5.74, 6) is 0. The molecule has 4 rings (SSSR count). The molecule has 3 heterocycles. The van der Waals surface area contributed by atoms with Crippen LogP contribution in [0.1, 0.15) is 5.69 Å². The first-order valence-corrected chi connectivity index (χ1v) is 8.27. The number of rotatable bonds is 3. The van der Waals surface area contributed by atoms with Gasteiger partial charge in [-0.2, -0.15) is 0 Å². The largest absolute Gasteiger partial charge is 0.364 e. The van der Waals surface area contributed by atoms with E-state index in [9.17, 15) is 4.79 Å². The van der Waals surface area contributed by atoms with Gasteiger partial charge in [0.1, 0.15) is 0 Å². The van der Waals surface area contributed by atoms with Gasteiger partial charge in [0.2, 0.25) is 0 Å². The van der Waals surface area contributed by atoms with Gasteiger partial charge in [-0.3, -0.25) is 9.69 Å². The van der Waals surface area contributed by atoms with Crippen molar-refractivity contribution in [1.82, 2.24) is 19.8 Å². The zero-order chi connectivity index (χ0) is 15.8. The Hall–Kier alpha value is -2.11. The number of pyridine rings is 1. The Morgan fingerprint density at radius 1 is 1.09 bits per heavy atom. The van der Waals surface area contributed by atoms with Crippen molar-refractivity contribution < 1.29 is 0 Å². The molecule has 0 saturated carbocycles. The van der Waals surface area contributed by atoms with Crippen LogP contribution < -0.4 is 10.7 Å². The molecule has 1 aromatic carbocycles. The summed E-state index contributed by atoms with van der Waals surface area (Å²) < 4.78 is 2.31.